The van der Waals surface area contributed by atoms with Crippen molar-refractivity contribution in [3.05, 3.63) is 59.7 Å². The largest absolute Gasteiger partial charge is 0.322 e. The number of carbonyl (C=O) groups excluding carboxylic acids is 2. The molecule has 5 heteroatoms. The van der Waals surface area contributed by atoms with E-state index in [4.69, 9.17) is 0 Å². The molecule has 0 bridgehead atoms. The normalized spacial score (nSPS) is 17.6. The molecule has 2 aromatic carbocycles. The third-order valence-corrected chi connectivity index (χ3v) is 4.56. The van der Waals surface area contributed by atoms with Crippen LogP contribution in [0.1, 0.15) is 18.1 Å². The Labute approximate surface area is 148 Å². The number of aryl methyl sites for hydroxylation is 2. The predicted molar refractivity (Wildman–Crippen MR) is 99.9 cm³/mol. The van der Waals surface area contributed by atoms with E-state index in [9.17, 15) is 9.59 Å². The van der Waals surface area contributed by atoms with Crippen LogP contribution in [-0.2, 0) is 4.79 Å². The molecule has 2 aromatic rings. The van der Waals surface area contributed by atoms with E-state index < -0.39 is 6.04 Å². The van der Waals surface area contributed by atoms with Gasteiger partial charge in [-0.1, -0.05) is 35.4 Å². The van der Waals surface area contributed by atoms with Gasteiger partial charge in [-0.15, -0.1) is 0 Å². The minimum absolute atomic E-state index is 0.0610. The predicted octanol–water partition coefficient (Wildman–Crippen LogP) is 3.57. The minimum Gasteiger partial charge on any atom is -0.311 e. The molecule has 25 heavy (non-hydrogen) atoms. The van der Waals surface area contributed by atoms with Crippen molar-refractivity contribution in [2.24, 2.45) is 0 Å². The topological polar surface area (TPSA) is 52.7 Å². The van der Waals surface area contributed by atoms with Crippen LogP contribution < -0.4 is 10.2 Å². The molecule has 1 atom stereocenters. The fourth-order valence-electron chi connectivity index (χ4n) is 2.96. The van der Waals surface area contributed by atoms with Crippen molar-refractivity contribution in [1.29, 1.82) is 0 Å². The fraction of sp³-hybridized carbons (Fsp3) is 0.300. The molecule has 1 unspecified atom stereocenters. The maximum absolute atomic E-state index is 12.7. The van der Waals surface area contributed by atoms with Crippen molar-refractivity contribution in [3.8, 4) is 0 Å². The molecule has 3 rings (SSSR count). The number of urea groups is 1. The van der Waals surface area contributed by atoms with Gasteiger partial charge in [0.15, 0.2) is 0 Å². The highest BCUT2D eigenvalue weighted by Crippen LogP contribution is 2.21. The molecule has 0 aliphatic carbocycles. The number of amides is 3. The van der Waals surface area contributed by atoms with Crippen LogP contribution in [0.3, 0.4) is 0 Å². The summed E-state index contributed by atoms with van der Waals surface area (Å²) in [6.07, 6.45) is 0. The first-order valence-electron chi connectivity index (χ1n) is 8.48. The first-order valence-corrected chi connectivity index (χ1v) is 8.48. The van der Waals surface area contributed by atoms with Crippen molar-refractivity contribution in [3.63, 3.8) is 0 Å². The number of rotatable bonds is 2. The zero-order valence-corrected chi connectivity index (χ0v) is 14.8. The van der Waals surface area contributed by atoms with Gasteiger partial charge in [0.25, 0.3) is 0 Å². The molecule has 1 aliphatic rings. The Hall–Kier alpha value is -2.82. The zero-order valence-electron chi connectivity index (χ0n) is 14.8. The summed E-state index contributed by atoms with van der Waals surface area (Å²) in [5.74, 6) is -0.0610. The minimum atomic E-state index is -0.500. The Morgan fingerprint density at radius 1 is 0.960 bits per heavy atom. The van der Waals surface area contributed by atoms with Crippen LogP contribution in [0, 0.1) is 13.8 Å². The lowest BCUT2D eigenvalue weighted by atomic mass is 10.1. The highest BCUT2D eigenvalue weighted by molar-refractivity contribution is 6.01. The van der Waals surface area contributed by atoms with Gasteiger partial charge < -0.3 is 15.1 Å². The maximum Gasteiger partial charge on any atom is 0.322 e. The van der Waals surface area contributed by atoms with Crippen LogP contribution in [-0.4, -0.2) is 36.0 Å². The molecule has 1 aliphatic heterocycles. The standard InChI is InChI=1S/C20H23N3O2/c1-14-4-8-17(9-5-14)21-20(25)22-12-13-23(19(24)16(22)3)18-10-6-15(2)7-11-18/h4-11,16H,12-13H2,1-3H3,(H,21,25). The smallest absolute Gasteiger partial charge is 0.311 e. The van der Waals surface area contributed by atoms with Gasteiger partial charge in [-0.3, -0.25) is 4.79 Å². The summed E-state index contributed by atoms with van der Waals surface area (Å²) >= 11 is 0. The lowest BCUT2D eigenvalue weighted by Crippen LogP contribution is -2.58. The van der Waals surface area contributed by atoms with Gasteiger partial charge in [-0.05, 0) is 45.0 Å². The van der Waals surface area contributed by atoms with Crippen molar-refractivity contribution >= 4 is 23.3 Å². The number of benzene rings is 2. The average molecular weight is 337 g/mol. The molecular formula is C20H23N3O2. The van der Waals surface area contributed by atoms with Crippen LogP contribution in [0.2, 0.25) is 0 Å². The van der Waals surface area contributed by atoms with Crippen LogP contribution in [0.25, 0.3) is 0 Å². The molecule has 1 heterocycles. The summed E-state index contributed by atoms with van der Waals surface area (Å²) in [6, 6.07) is 14.7. The lowest BCUT2D eigenvalue weighted by Gasteiger charge is -2.39. The summed E-state index contributed by atoms with van der Waals surface area (Å²) in [5.41, 5.74) is 3.89. The Morgan fingerprint density at radius 2 is 1.52 bits per heavy atom. The SMILES string of the molecule is Cc1ccc(NC(=O)N2CCN(c3ccc(C)cc3)C(=O)C2C)cc1. The quantitative estimate of drug-likeness (QED) is 0.911. The summed E-state index contributed by atoms with van der Waals surface area (Å²) in [7, 11) is 0. The van der Waals surface area contributed by atoms with E-state index in [0.717, 1.165) is 22.5 Å². The Bertz CT molecular complexity index is 769. The highest BCUT2D eigenvalue weighted by Gasteiger charge is 2.35. The van der Waals surface area contributed by atoms with Gasteiger partial charge in [-0.2, -0.15) is 0 Å². The summed E-state index contributed by atoms with van der Waals surface area (Å²) in [4.78, 5) is 28.6. The van der Waals surface area contributed by atoms with Crippen LogP contribution in [0.15, 0.2) is 48.5 Å². The molecule has 1 fully saturated rings. The van der Waals surface area contributed by atoms with Crippen molar-refractivity contribution in [2.75, 3.05) is 23.3 Å². The number of hydrogen-bond donors (Lipinski definition) is 1. The van der Waals surface area contributed by atoms with Gasteiger partial charge in [0.05, 0.1) is 0 Å². The summed E-state index contributed by atoms with van der Waals surface area (Å²) < 4.78 is 0. The molecular weight excluding hydrogens is 314 g/mol. The fourth-order valence-corrected chi connectivity index (χ4v) is 2.96. The molecule has 0 aromatic heterocycles. The third kappa shape index (κ3) is 3.65. The van der Waals surface area contributed by atoms with E-state index >= 15 is 0 Å². The number of nitrogens with one attached hydrogen (secondary N) is 1. The second kappa shape index (κ2) is 6.97. The number of hydrogen-bond acceptors (Lipinski definition) is 2. The monoisotopic (exact) mass is 337 g/mol. The molecule has 5 nitrogen and oxygen atoms in total. The van der Waals surface area contributed by atoms with Gasteiger partial charge in [0, 0.05) is 24.5 Å². The van der Waals surface area contributed by atoms with E-state index in [0.29, 0.717) is 13.1 Å². The first-order chi connectivity index (χ1) is 12.0. The number of anilines is 2. The molecule has 0 spiro atoms. The van der Waals surface area contributed by atoms with Crippen molar-refractivity contribution in [1.82, 2.24) is 4.90 Å². The van der Waals surface area contributed by atoms with Gasteiger partial charge in [0.1, 0.15) is 6.04 Å². The Morgan fingerprint density at radius 3 is 2.12 bits per heavy atom. The summed E-state index contributed by atoms with van der Waals surface area (Å²) in [5, 5.41) is 2.87. The van der Waals surface area contributed by atoms with Crippen LogP contribution in [0.5, 0.6) is 0 Å². The molecule has 3 amide bonds. The zero-order chi connectivity index (χ0) is 18.0. The Kier molecular flexibility index (Phi) is 4.74. The lowest BCUT2D eigenvalue weighted by molar-refractivity contribution is -0.123. The van der Waals surface area contributed by atoms with Gasteiger partial charge in [0.2, 0.25) is 5.91 Å². The number of carbonyl (C=O) groups is 2. The van der Waals surface area contributed by atoms with Crippen molar-refractivity contribution < 1.29 is 9.59 Å². The molecule has 0 saturated carbocycles. The maximum atomic E-state index is 12.7. The first kappa shape index (κ1) is 17.0. The molecule has 1 N–H and O–H groups in total. The molecule has 0 radical (unpaired) electrons. The summed E-state index contributed by atoms with van der Waals surface area (Å²) in [6.45, 7) is 6.78. The van der Waals surface area contributed by atoms with E-state index in [1.165, 1.54) is 0 Å². The third-order valence-electron chi connectivity index (χ3n) is 4.56. The van der Waals surface area contributed by atoms with E-state index in [-0.39, 0.29) is 11.9 Å². The van der Waals surface area contributed by atoms with Crippen LogP contribution in [0.4, 0.5) is 16.2 Å². The van der Waals surface area contributed by atoms with Gasteiger partial charge >= 0.3 is 6.03 Å². The number of nitrogens with zero attached hydrogens (tertiary/aromatic N) is 2. The van der Waals surface area contributed by atoms with E-state index in [1.54, 1.807) is 16.7 Å². The van der Waals surface area contributed by atoms with Crippen molar-refractivity contribution in [2.45, 2.75) is 26.8 Å². The highest BCUT2D eigenvalue weighted by atomic mass is 16.2. The molecule has 1 saturated heterocycles. The van der Waals surface area contributed by atoms with E-state index in [2.05, 4.69) is 5.32 Å². The second-order valence-corrected chi connectivity index (χ2v) is 6.49. The number of piperazine rings is 1. The van der Waals surface area contributed by atoms with E-state index in [1.807, 2.05) is 62.4 Å². The second-order valence-electron chi connectivity index (χ2n) is 6.49. The molecule has 130 valence electrons. The van der Waals surface area contributed by atoms with Crippen LogP contribution >= 0.6 is 0 Å². The van der Waals surface area contributed by atoms with Gasteiger partial charge in [-0.25, -0.2) is 4.79 Å². The Balaban J connectivity index is 1.69. The average Bonchev–Trinajstić information content (AvgIpc) is 2.60.